The summed E-state index contributed by atoms with van der Waals surface area (Å²) in [4.78, 5) is 33.6. The highest BCUT2D eigenvalue weighted by atomic mass is 35.5. The van der Waals surface area contributed by atoms with Gasteiger partial charge in [-0.2, -0.15) is 0 Å². The molecule has 0 spiro atoms. The van der Waals surface area contributed by atoms with Gasteiger partial charge in [0.05, 0.1) is 20.9 Å². The average molecular weight is 354 g/mol. The van der Waals surface area contributed by atoms with E-state index in [0.29, 0.717) is 0 Å². The van der Waals surface area contributed by atoms with Crippen LogP contribution < -0.4 is 10.4 Å². The number of nitrogens with one attached hydrogen (secondary N) is 1. The van der Waals surface area contributed by atoms with Crippen LogP contribution in [0.25, 0.3) is 0 Å². The second kappa shape index (κ2) is 6.64. The molecule has 0 aromatic heterocycles. The number of amides is 1. The Bertz CT molecular complexity index is 791. The first kappa shape index (κ1) is 16.7. The van der Waals surface area contributed by atoms with Gasteiger partial charge in [-0.25, -0.2) is 0 Å². The molecular formula is C14H7Cl2N2O5-. The highest BCUT2D eigenvalue weighted by Gasteiger charge is 2.24. The van der Waals surface area contributed by atoms with Gasteiger partial charge >= 0.3 is 0 Å². The lowest BCUT2D eigenvalue weighted by molar-refractivity contribution is -0.385. The van der Waals surface area contributed by atoms with E-state index in [1.165, 1.54) is 18.2 Å². The number of anilines is 1. The number of halogens is 2. The molecule has 0 unspecified atom stereocenters. The van der Waals surface area contributed by atoms with E-state index in [1.807, 2.05) is 0 Å². The summed E-state index contributed by atoms with van der Waals surface area (Å²) >= 11 is 11.6. The van der Waals surface area contributed by atoms with Crippen LogP contribution in [0.1, 0.15) is 20.7 Å². The second-order valence-corrected chi connectivity index (χ2v) is 5.14. The monoisotopic (exact) mass is 353 g/mol. The van der Waals surface area contributed by atoms with Gasteiger partial charge in [0.25, 0.3) is 11.6 Å². The first-order valence-corrected chi connectivity index (χ1v) is 6.82. The highest BCUT2D eigenvalue weighted by molar-refractivity contribution is 6.42. The van der Waals surface area contributed by atoms with Crippen LogP contribution in [0.5, 0.6) is 0 Å². The van der Waals surface area contributed by atoms with Crippen LogP contribution in [0.15, 0.2) is 36.4 Å². The van der Waals surface area contributed by atoms with Gasteiger partial charge in [0.2, 0.25) is 0 Å². The normalized spacial score (nSPS) is 10.2. The Hall–Kier alpha value is -2.64. The number of nitrogens with zero attached hydrogens (tertiary/aromatic N) is 1. The third kappa shape index (κ3) is 3.58. The molecule has 1 N–H and O–H groups in total. The van der Waals surface area contributed by atoms with E-state index >= 15 is 0 Å². The van der Waals surface area contributed by atoms with Crippen LogP contribution in [0, 0.1) is 10.1 Å². The highest BCUT2D eigenvalue weighted by Crippen LogP contribution is 2.27. The van der Waals surface area contributed by atoms with Gasteiger partial charge in [0.15, 0.2) is 0 Å². The Kier molecular flexibility index (Phi) is 4.83. The van der Waals surface area contributed by atoms with Gasteiger partial charge in [-0.3, -0.25) is 14.9 Å². The molecular weight excluding hydrogens is 347 g/mol. The first-order valence-electron chi connectivity index (χ1n) is 6.06. The van der Waals surface area contributed by atoms with Crippen molar-refractivity contribution in [3.63, 3.8) is 0 Å². The quantitative estimate of drug-likeness (QED) is 0.670. The molecule has 118 valence electrons. The van der Waals surface area contributed by atoms with Crippen molar-refractivity contribution < 1.29 is 19.6 Å². The fraction of sp³-hybridized carbons (Fsp3) is 0. The van der Waals surface area contributed by atoms with E-state index in [1.54, 1.807) is 0 Å². The van der Waals surface area contributed by atoms with E-state index < -0.39 is 33.6 Å². The van der Waals surface area contributed by atoms with Gasteiger partial charge < -0.3 is 15.2 Å². The van der Waals surface area contributed by atoms with E-state index in [0.717, 1.165) is 18.2 Å². The van der Waals surface area contributed by atoms with Gasteiger partial charge in [0, 0.05) is 17.3 Å². The molecule has 0 atom stereocenters. The lowest BCUT2D eigenvalue weighted by atomic mass is 10.0. The number of rotatable bonds is 4. The van der Waals surface area contributed by atoms with Crippen LogP contribution >= 0.6 is 23.2 Å². The molecule has 0 radical (unpaired) electrons. The number of carboxylic acids is 1. The van der Waals surface area contributed by atoms with Gasteiger partial charge in [-0.05, 0) is 18.2 Å². The number of hydrogen-bond acceptors (Lipinski definition) is 5. The summed E-state index contributed by atoms with van der Waals surface area (Å²) in [5.74, 6) is -2.68. The molecule has 7 nitrogen and oxygen atoms in total. The van der Waals surface area contributed by atoms with Crippen molar-refractivity contribution in [2.24, 2.45) is 0 Å². The minimum absolute atomic E-state index is 0.159. The van der Waals surface area contributed by atoms with Crippen molar-refractivity contribution in [2.75, 3.05) is 5.32 Å². The summed E-state index contributed by atoms with van der Waals surface area (Å²) in [6.45, 7) is 0. The zero-order chi connectivity index (χ0) is 17.1. The fourth-order valence-electron chi connectivity index (χ4n) is 1.87. The number of hydrogen-bond donors (Lipinski definition) is 1. The standard InChI is InChI=1S/C14H8Cl2N2O5/c15-9-5-4-7(6-10(9)16)17-13(19)12-8(14(20)21)2-1-3-11(12)18(22)23/h1-6H,(H,17,19)(H,20,21)/p-1. The molecule has 1 amide bonds. The third-order valence-corrected chi connectivity index (χ3v) is 3.60. The zero-order valence-electron chi connectivity index (χ0n) is 11.2. The number of carboxylic acid groups (broad SMARTS) is 1. The maximum atomic E-state index is 12.3. The summed E-state index contributed by atoms with van der Waals surface area (Å²) in [7, 11) is 0. The van der Waals surface area contributed by atoms with Crippen LogP contribution in [-0.4, -0.2) is 16.8 Å². The summed E-state index contributed by atoms with van der Waals surface area (Å²) in [5.41, 5.74) is -1.64. The summed E-state index contributed by atoms with van der Waals surface area (Å²) in [6, 6.07) is 7.38. The van der Waals surface area contributed by atoms with Crippen molar-refractivity contribution in [1.29, 1.82) is 0 Å². The number of carbonyl (C=O) groups excluding carboxylic acids is 2. The van der Waals surface area contributed by atoms with Gasteiger partial charge in [-0.15, -0.1) is 0 Å². The smallest absolute Gasteiger partial charge is 0.282 e. The van der Waals surface area contributed by atoms with Crippen molar-refractivity contribution in [2.45, 2.75) is 0 Å². The van der Waals surface area contributed by atoms with Crippen molar-refractivity contribution >= 4 is 46.5 Å². The topological polar surface area (TPSA) is 112 Å². The van der Waals surface area contributed by atoms with Crippen LogP contribution in [0.3, 0.4) is 0 Å². The average Bonchev–Trinajstić information content (AvgIpc) is 2.50. The van der Waals surface area contributed by atoms with E-state index in [9.17, 15) is 24.8 Å². The molecule has 0 fully saturated rings. The maximum Gasteiger partial charge on any atom is 0.282 e. The van der Waals surface area contributed by atoms with Crippen molar-refractivity contribution in [1.82, 2.24) is 0 Å². The molecule has 2 rings (SSSR count). The Morgan fingerprint density at radius 3 is 2.35 bits per heavy atom. The number of nitro benzene ring substituents is 1. The van der Waals surface area contributed by atoms with Crippen LogP contribution in [0.2, 0.25) is 10.0 Å². The zero-order valence-corrected chi connectivity index (χ0v) is 12.7. The Balaban J connectivity index is 2.47. The Labute approximate surface area is 139 Å². The van der Waals surface area contributed by atoms with E-state index in [4.69, 9.17) is 23.2 Å². The molecule has 9 heteroatoms. The minimum Gasteiger partial charge on any atom is -0.545 e. The second-order valence-electron chi connectivity index (χ2n) is 4.33. The van der Waals surface area contributed by atoms with Crippen LogP contribution in [0.4, 0.5) is 11.4 Å². The van der Waals surface area contributed by atoms with E-state index in [2.05, 4.69) is 5.32 Å². The molecule has 0 saturated heterocycles. The largest absolute Gasteiger partial charge is 0.545 e. The van der Waals surface area contributed by atoms with E-state index in [-0.39, 0.29) is 15.7 Å². The molecule has 2 aromatic carbocycles. The van der Waals surface area contributed by atoms with Gasteiger partial charge in [-0.1, -0.05) is 35.3 Å². The number of nitro groups is 1. The molecule has 0 heterocycles. The minimum atomic E-state index is -1.70. The third-order valence-electron chi connectivity index (χ3n) is 2.86. The fourth-order valence-corrected chi connectivity index (χ4v) is 2.17. The van der Waals surface area contributed by atoms with Crippen LogP contribution in [-0.2, 0) is 0 Å². The number of benzene rings is 2. The molecule has 0 aliphatic heterocycles. The van der Waals surface area contributed by atoms with Crippen molar-refractivity contribution in [3.05, 3.63) is 67.7 Å². The molecule has 23 heavy (non-hydrogen) atoms. The van der Waals surface area contributed by atoms with Gasteiger partial charge in [0.1, 0.15) is 5.56 Å². The predicted molar refractivity (Wildman–Crippen MR) is 81.8 cm³/mol. The Morgan fingerprint density at radius 2 is 1.78 bits per heavy atom. The SMILES string of the molecule is O=C([O-])c1cccc([N+](=O)[O-])c1C(=O)Nc1ccc(Cl)c(Cl)c1. The number of aromatic carboxylic acids is 1. The summed E-state index contributed by atoms with van der Waals surface area (Å²) in [6.07, 6.45) is 0. The first-order chi connectivity index (χ1) is 10.8. The summed E-state index contributed by atoms with van der Waals surface area (Å²) < 4.78 is 0. The maximum absolute atomic E-state index is 12.3. The molecule has 0 aliphatic carbocycles. The van der Waals surface area contributed by atoms with Crippen molar-refractivity contribution in [3.8, 4) is 0 Å². The lowest BCUT2D eigenvalue weighted by Gasteiger charge is -2.11. The summed E-state index contributed by atoms with van der Waals surface area (Å²) in [5, 5.41) is 24.9. The molecule has 0 saturated carbocycles. The molecule has 0 bridgehead atoms. The molecule has 0 aliphatic rings. The molecule has 2 aromatic rings. The lowest BCUT2D eigenvalue weighted by Crippen LogP contribution is -2.27. The Morgan fingerprint density at radius 1 is 1.09 bits per heavy atom. The predicted octanol–water partition coefficient (Wildman–Crippen LogP) is 2.52. The number of carbonyl (C=O) groups is 2.